The van der Waals surface area contributed by atoms with Gasteiger partial charge >= 0.3 is 0 Å². The first-order chi connectivity index (χ1) is 11.6. The Morgan fingerprint density at radius 1 is 1.42 bits per heavy atom. The van der Waals surface area contributed by atoms with Crippen LogP contribution in [-0.2, 0) is 4.79 Å². The van der Waals surface area contributed by atoms with Crippen LogP contribution in [0.2, 0.25) is 0 Å². The van der Waals surface area contributed by atoms with Crippen molar-refractivity contribution in [2.24, 2.45) is 0 Å². The highest BCUT2D eigenvalue weighted by atomic mass is 19.1. The molecular formula is C18H19FN2O3. The molecule has 1 aromatic heterocycles. The van der Waals surface area contributed by atoms with Crippen LogP contribution >= 0.6 is 0 Å². The molecule has 1 N–H and O–H groups in total. The zero-order chi connectivity index (χ0) is 17.4. The third-order valence-corrected chi connectivity index (χ3v) is 3.30. The lowest BCUT2D eigenvalue weighted by molar-refractivity contribution is -0.126. The Morgan fingerprint density at radius 2 is 2.25 bits per heavy atom. The lowest BCUT2D eigenvalue weighted by Gasteiger charge is -2.17. The van der Waals surface area contributed by atoms with Crippen LogP contribution in [-0.4, -0.2) is 40.6 Å². The highest BCUT2D eigenvalue weighted by Gasteiger charge is 2.08. The van der Waals surface area contributed by atoms with Gasteiger partial charge in [0.2, 0.25) is 5.91 Å². The van der Waals surface area contributed by atoms with E-state index < -0.39 is 5.82 Å². The number of aliphatic hydroxyl groups excluding tert-OH is 1. The third-order valence-electron chi connectivity index (χ3n) is 3.30. The summed E-state index contributed by atoms with van der Waals surface area (Å²) in [6, 6.07) is 7.82. The maximum absolute atomic E-state index is 14.1. The van der Waals surface area contributed by atoms with Crippen LogP contribution in [0.15, 0.2) is 48.8 Å². The van der Waals surface area contributed by atoms with Crippen molar-refractivity contribution in [1.82, 2.24) is 9.88 Å². The molecule has 0 radical (unpaired) electrons. The van der Waals surface area contributed by atoms with E-state index in [1.807, 2.05) is 6.92 Å². The number of rotatable bonds is 7. The smallest absolute Gasteiger partial charge is 0.246 e. The Hall–Kier alpha value is -2.73. The SMILES string of the molecule is CCN(CCO)C(=O)/C=C/c1ccc(Oc2cccnc2)c(F)c1. The molecule has 0 saturated carbocycles. The van der Waals surface area contributed by atoms with E-state index in [-0.39, 0.29) is 24.8 Å². The second-order valence-corrected chi connectivity index (χ2v) is 4.96. The molecule has 1 aromatic carbocycles. The minimum absolute atomic E-state index is 0.0851. The van der Waals surface area contributed by atoms with E-state index in [0.717, 1.165) is 0 Å². The number of benzene rings is 1. The van der Waals surface area contributed by atoms with E-state index in [9.17, 15) is 9.18 Å². The Kier molecular flexibility index (Phi) is 6.45. The fourth-order valence-corrected chi connectivity index (χ4v) is 2.06. The predicted molar refractivity (Wildman–Crippen MR) is 89.1 cm³/mol. The fraction of sp³-hybridized carbons (Fsp3) is 0.222. The van der Waals surface area contributed by atoms with E-state index in [0.29, 0.717) is 17.9 Å². The molecule has 0 aliphatic carbocycles. The Morgan fingerprint density at radius 3 is 2.88 bits per heavy atom. The van der Waals surface area contributed by atoms with Gasteiger partial charge in [-0.05, 0) is 42.8 Å². The highest BCUT2D eigenvalue weighted by molar-refractivity contribution is 5.91. The zero-order valence-electron chi connectivity index (χ0n) is 13.4. The molecule has 0 unspecified atom stereocenters. The average molecular weight is 330 g/mol. The molecule has 0 atom stereocenters. The first-order valence-electron chi connectivity index (χ1n) is 7.59. The molecule has 6 heteroatoms. The standard InChI is InChI=1S/C18H19FN2O3/c1-2-21(10-11-22)18(23)8-6-14-5-7-17(16(19)12-14)24-15-4-3-9-20-13-15/h3-9,12-13,22H,2,10-11H2,1H3/b8-6+. The van der Waals surface area contributed by atoms with E-state index >= 15 is 0 Å². The molecule has 1 heterocycles. The molecule has 24 heavy (non-hydrogen) atoms. The number of aliphatic hydroxyl groups is 1. The molecule has 2 rings (SSSR count). The number of carbonyl (C=O) groups is 1. The number of hydrogen-bond donors (Lipinski definition) is 1. The molecule has 1 amide bonds. The van der Waals surface area contributed by atoms with Crippen LogP contribution in [0.3, 0.4) is 0 Å². The molecule has 0 bridgehead atoms. The lowest BCUT2D eigenvalue weighted by Crippen LogP contribution is -2.31. The first kappa shape index (κ1) is 17.6. The molecular weight excluding hydrogens is 311 g/mol. The van der Waals surface area contributed by atoms with Crippen molar-refractivity contribution in [3.63, 3.8) is 0 Å². The van der Waals surface area contributed by atoms with Crippen molar-refractivity contribution in [3.05, 3.63) is 60.2 Å². The number of hydrogen-bond acceptors (Lipinski definition) is 4. The van der Waals surface area contributed by atoms with Crippen LogP contribution in [0, 0.1) is 5.82 Å². The predicted octanol–water partition coefficient (Wildman–Crippen LogP) is 2.87. The van der Waals surface area contributed by atoms with Crippen molar-refractivity contribution in [3.8, 4) is 11.5 Å². The summed E-state index contributed by atoms with van der Waals surface area (Å²) in [7, 11) is 0. The van der Waals surface area contributed by atoms with Gasteiger partial charge in [-0.3, -0.25) is 9.78 Å². The van der Waals surface area contributed by atoms with E-state index in [1.165, 1.54) is 35.4 Å². The van der Waals surface area contributed by atoms with Gasteiger partial charge in [-0.15, -0.1) is 0 Å². The van der Waals surface area contributed by atoms with Gasteiger partial charge in [0.25, 0.3) is 0 Å². The zero-order valence-corrected chi connectivity index (χ0v) is 13.4. The second-order valence-electron chi connectivity index (χ2n) is 4.96. The minimum Gasteiger partial charge on any atom is -0.453 e. The van der Waals surface area contributed by atoms with Crippen LogP contribution < -0.4 is 4.74 Å². The number of likely N-dealkylation sites (N-methyl/N-ethyl adjacent to an activating group) is 1. The van der Waals surface area contributed by atoms with E-state index in [1.54, 1.807) is 24.4 Å². The fourth-order valence-electron chi connectivity index (χ4n) is 2.06. The van der Waals surface area contributed by atoms with Crippen LogP contribution in [0.1, 0.15) is 12.5 Å². The van der Waals surface area contributed by atoms with Gasteiger partial charge in [-0.1, -0.05) is 6.07 Å². The van der Waals surface area contributed by atoms with Crippen LogP contribution in [0.5, 0.6) is 11.5 Å². The van der Waals surface area contributed by atoms with Crippen molar-refractivity contribution in [2.75, 3.05) is 19.7 Å². The summed E-state index contributed by atoms with van der Waals surface area (Å²) in [6.07, 6.45) is 5.98. The van der Waals surface area contributed by atoms with Gasteiger partial charge in [0.1, 0.15) is 5.75 Å². The van der Waals surface area contributed by atoms with Crippen LogP contribution in [0.4, 0.5) is 4.39 Å². The Labute approximate surface area is 140 Å². The van der Waals surface area contributed by atoms with Crippen molar-refractivity contribution < 1.29 is 19.0 Å². The molecule has 0 aliphatic heterocycles. The summed E-state index contributed by atoms with van der Waals surface area (Å²) in [6.45, 7) is 2.50. The number of aromatic nitrogens is 1. The van der Waals surface area contributed by atoms with Crippen LogP contribution in [0.25, 0.3) is 6.08 Å². The molecule has 0 aliphatic rings. The average Bonchev–Trinajstić information content (AvgIpc) is 2.60. The Bertz CT molecular complexity index is 705. The van der Waals surface area contributed by atoms with Gasteiger partial charge in [-0.25, -0.2) is 4.39 Å². The normalized spacial score (nSPS) is 10.8. The monoisotopic (exact) mass is 330 g/mol. The summed E-state index contributed by atoms with van der Waals surface area (Å²) in [5, 5.41) is 8.90. The van der Waals surface area contributed by atoms with E-state index in [4.69, 9.17) is 9.84 Å². The number of carbonyl (C=O) groups excluding carboxylic acids is 1. The third kappa shape index (κ3) is 4.89. The topological polar surface area (TPSA) is 62.7 Å². The first-order valence-corrected chi connectivity index (χ1v) is 7.59. The molecule has 2 aromatic rings. The number of nitrogens with zero attached hydrogens (tertiary/aromatic N) is 2. The molecule has 5 nitrogen and oxygen atoms in total. The molecule has 126 valence electrons. The van der Waals surface area contributed by atoms with Gasteiger partial charge in [0.05, 0.1) is 12.8 Å². The van der Waals surface area contributed by atoms with Crippen molar-refractivity contribution in [1.29, 1.82) is 0 Å². The van der Waals surface area contributed by atoms with Crippen molar-refractivity contribution >= 4 is 12.0 Å². The second kappa shape index (κ2) is 8.79. The maximum Gasteiger partial charge on any atom is 0.246 e. The Balaban J connectivity index is 2.06. The summed E-state index contributed by atoms with van der Waals surface area (Å²) >= 11 is 0. The van der Waals surface area contributed by atoms with Gasteiger partial charge in [0.15, 0.2) is 11.6 Å². The molecule has 0 spiro atoms. The summed E-state index contributed by atoms with van der Waals surface area (Å²) in [4.78, 5) is 17.3. The summed E-state index contributed by atoms with van der Waals surface area (Å²) in [5.74, 6) is -0.238. The largest absolute Gasteiger partial charge is 0.453 e. The van der Waals surface area contributed by atoms with Gasteiger partial charge in [-0.2, -0.15) is 0 Å². The highest BCUT2D eigenvalue weighted by Crippen LogP contribution is 2.24. The molecule has 0 saturated heterocycles. The minimum atomic E-state index is -0.531. The summed E-state index contributed by atoms with van der Waals surface area (Å²) < 4.78 is 19.5. The number of ether oxygens (including phenoxy) is 1. The van der Waals surface area contributed by atoms with E-state index in [2.05, 4.69) is 4.98 Å². The quantitative estimate of drug-likeness (QED) is 0.793. The maximum atomic E-state index is 14.1. The number of halogens is 1. The lowest BCUT2D eigenvalue weighted by atomic mass is 10.2. The number of amides is 1. The van der Waals surface area contributed by atoms with Crippen molar-refractivity contribution in [2.45, 2.75) is 6.92 Å². The summed E-state index contributed by atoms with van der Waals surface area (Å²) in [5.41, 5.74) is 0.541. The van der Waals surface area contributed by atoms with Gasteiger partial charge < -0.3 is 14.7 Å². The number of pyridine rings is 1. The van der Waals surface area contributed by atoms with Gasteiger partial charge in [0, 0.05) is 25.4 Å². The molecule has 0 fully saturated rings.